The van der Waals surface area contributed by atoms with Gasteiger partial charge < -0.3 is 15.2 Å². The van der Waals surface area contributed by atoms with Gasteiger partial charge in [-0.05, 0) is 37.7 Å². The summed E-state index contributed by atoms with van der Waals surface area (Å²) in [6.07, 6.45) is 1.12. The molecule has 1 atom stereocenters. The molecule has 1 aliphatic heterocycles. The van der Waals surface area contributed by atoms with Crippen molar-refractivity contribution in [2.45, 2.75) is 31.7 Å². The van der Waals surface area contributed by atoms with Crippen molar-refractivity contribution in [1.82, 2.24) is 5.32 Å². The van der Waals surface area contributed by atoms with Gasteiger partial charge in [0.1, 0.15) is 11.3 Å². The van der Waals surface area contributed by atoms with E-state index in [1.54, 1.807) is 24.3 Å². The van der Waals surface area contributed by atoms with Gasteiger partial charge in [0.25, 0.3) is 0 Å². The summed E-state index contributed by atoms with van der Waals surface area (Å²) in [5.74, 6) is 0.439. The molecule has 1 aromatic rings. The number of benzene rings is 1. The zero-order valence-corrected chi connectivity index (χ0v) is 14.4. The molecule has 2 rings (SSSR count). The third kappa shape index (κ3) is 4.74. The van der Waals surface area contributed by atoms with Crippen molar-refractivity contribution in [2.24, 2.45) is 0 Å². The van der Waals surface area contributed by atoms with Gasteiger partial charge in [-0.2, -0.15) is 11.8 Å². The van der Waals surface area contributed by atoms with Gasteiger partial charge in [-0.1, -0.05) is 12.1 Å². The van der Waals surface area contributed by atoms with Crippen LogP contribution in [0.3, 0.4) is 0 Å². The number of carboxylic acids is 1. The average molecular weight is 351 g/mol. The van der Waals surface area contributed by atoms with E-state index >= 15 is 0 Å². The normalized spacial score (nSPS) is 19.7. The van der Waals surface area contributed by atoms with E-state index in [-0.39, 0.29) is 18.1 Å². The molecule has 1 heterocycles. The van der Waals surface area contributed by atoms with Gasteiger partial charge in [-0.3, -0.25) is 9.59 Å². The van der Waals surface area contributed by atoms with Crippen molar-refractivity contribution in [1.29, 1.82) is 0 Å². The summed E-state index contributed by atoms with van der Waals surface area (Å²) in [5, 5.41) is 12.0. The molecule has 7 heteroatoms. The first kappa shape index (κ1) is 18.3. The van der Waals surface area contributed by atoms with Crippen LogP contribution in [0.25, 0.3) is 0 Å². The molecule has 1 saturated heterocycles. The SMILES string of the molecule is CC(=O)c1cccc(OCCCC(=O)NC2(C(=O)O)CCSC2)c1. The van der Waals surface area contributed by atoms with Crippen LogP contribution < -0.4 is 10.1 Å². The van der Waals surface area contributed by atoms with Gasteiger partial charge in [0.2, 0.25) is 5.91 Å². The average Bonchev–Trinajstić information content (AvgIpc) is 3.01. The first-order chi connectivity index (χ1) is 11.4. The maximum Gasteiger partial charge on any atom is 0.330 e. The molecule has 1 unspecified atom stereocenters. The Morgan fingerprint density at radius 1 is 1.38 bits per heavy atom. The zero-order valence-electron chi connectivity index (χ0n) is 13.5. The molecule has 0 saturated carbocycles. The van der Waals surface area contributed by atoms with Crippen LogP contribution in [0.15, 0.2) is 24.3 Å². The van der Waals surface area contributed by atoms with Crippen molar-refractivity contribution in [3.8, 4) is 5.75 Å². The lowest BCUT2D eigenvalue weighted by molar-refractivity contribution is -0.146. The lowest BCUT2D eigenvalue weighted by Crippen LogP contribution is -2.54. The quantitative estimate of drug-likeness (QED) is 0.550. The number of hydrogen-bond acceptors (Lipinski definition) is 5. The first-order valence-corrected chi connectivity index (χ1v) is 8.94. The Morgan fingerprint density at radius 2 is 2.17 bits per heavy atom. The summed E-state index contributed by atoms with van der Waals surface area (Å²) in [4.78, 5) is 34.7. The Kier molecular flexibility index (Phi) is 6.25. The molecule has 1 amide bonds. The van der Waals surface area contributed by atoms with Gasteiger partial charge in [0.15, 0.2) is 5.78 Å². The second-order valence-corrected chi connectivity index (χ2v) is 6.88. The lowest BCUT2D eigenvalue weighted by atomic mass is 9.99. The molecule has 0 bridgehead atoms. The lowest BCUT2D eigenvalue weighted by Gasteiger charge is -2.24. The largest absolute Gasteiger partial charge is 0.494 e. The van der Waals surface area contributed by atoms with Crippen LogP contribution in [0.1, 0.15) is 36.5 Å². The van der Waals surface area contributed by atoms with Gasteiger partial charge in [-0.15, -0.1) is 0 Å². The fourth-order valence-corrected chi connectivity index (χ4v) is 3.77. The van der Waals surface area contributed by atoms with E-state index in [1.165, 1.54) is 18.7 Å². The number of hydrogen-bond donors (Lipinski definition) is 2. The minimum Gasteiger partial charge on any atom is -0.494 e. The third-order valence-corrected chi connectivity index (χ3v) is 5.06. The minimum atomic E-state index is -1.13. The predicted octanol–water partition coefficient (Wildman–Crippen LogP) is 2.12. The molecular weight excluding hydrogens is 330 g/mol. The van der Waals surface area contributed by atoms with Gasteiger partial charge in [0.05, 0.1) is 6.61 Å². The number of carbonyl (C=O) groups excluding carboxylic acids is 2. The Hall–Kier alpha value is -2.02. The second-order valence-electron chi connectivity index (χ2n) is 5.77. The molecule has 2 N–H and O–H groups in total. The standard InChI is InChI=1S/C17H21NO5S/c1-12(19)13-4-2-5-14(10-13)23-8-3-6-15(20)18-17(16(21)22)7-9-24-11-17/h2,4-5,10H,3,6-9,11H2,1H3,(H,18,20)(H,21,22). The highest BCUT2D eigenvalue weighted by Crippen LogP contribution is 2.28. The van der Waals surface area contributed by atoms with Gasteiger partial charge in [0, 0.05) is 17.7 Å². The molecule has 6 nitrogen and oxygen atoms in total. The van der Waals surface area contributed by atoms with Crippen LogP contribution in [-0.2, 0) is 9.59 Å². The fourth-order valence-electron chi connectivity index (χ4n) is 2.44. The van der Waals surface area contributed by atoms with Gasteiger partial charge >= 0.3 is 5.97 Å². The summed E-state index contributed by atoms with van der Waals surface area (Å²) in [7, 11) is 0. The van der Waals surface area contributed by atoms with Crippen molar-refractivity contribution >= 4 is 29.4 Å². The van der Waals surface area contributed by atoms with Crippen molar-refractivity contribution in [3.05, 3.63) is 29.8 Å². The van der Waals surface area contributed by atoms with Crippen molar-refractivity contribution < 1.29 is 24.2 Å². The fraction of sp³-hybridized carbons (Fsp3) is 0.471. The first-order valence-electron chi connectivity index (χ1n) is 7.79. The third-order valence-electron chi connectivity index (χ3n) is 3.87. The molecule has 0 spiro atoms. The number of Topliss-reactive ketones (excluding diaryl/α,β-unsaturated/α-hetero) is 1. The number of rotatable bonds is 8. The van der Waals surface area contributed by atoms with E-state index < -0.39 is 11.5 Å². The molecule has 0 aliphatic carbocycles. The molecular formula is C17H21NO5S. The summed E-state index contributed by atoms with van der Waals surface area (Å²) in [6, 6.07) is 6.88. The van der Waals surface area contributed by atoms with E-state index in [9.17, 15) is 19.5 Å². The monoisotopic (exact) mass is 351 g/mol. The highest BCUT2D eigenvalue weighted by Gasteiger charge is 2.43. The maximum absolute atomic E-state index is 12.0. The number of carboxylic acid groups (broad SMARTS) is 1. The highest BCUT2D eigenvalue weighted by atomic mass is 32.2. The molecule has 1 aliphatic rings. The topological polar surface area (TPSA) is 92.7 Å². The highest BCUT2D eigenvalue weighted by molar-refractivity contribution is 7.99. The van der Waals surface area contributed by atoms with Crippen molar-refractivity contribution in [3.63, 3.8) is 0 Å². The number of ketones is 1. The number of carbonyl (C=O) groups is 3. The number of ether oxygens (including phenoxy) is 1. The van der Waals surface area contributed by atoms with Crippen LogP contribution in [0.5, 0.6) is 5.75 Å². The summed E-state index contributed by atoms with van der Waals surface area (Å²) in [5.41, 5.74) is -0.550. The minimum absolute atomic E-state index is 0.0340. The van der Waals surface area contributed by atoms with Crippen LogP contribution in [0.4, 0.5) is 0 Å². The molecule has 24 heavy (non-hydrogen) atoms. The van der Waals surface area contributed by atoms with Crippen LogP contribution in [-0.4, -0.2) is 46.4 Å². The zero-order chi connectivity index (χ0) is 17.6. The summed E-state index contributed by atoms with van der Waals surface area (Å²) < 4.78 is 5.54. The number of thioether (sulfide) groups is 1. The van der Waals surface area contributed by atoms with Crippen molar-refractivity contribution in [2.75, 3.05) is 18.1 Å². The Bertz CT molecular complexity index is 625. The molecule has 1 fully saturated rings. The van der Waals surface area contributed by atoms with Crippen LogP contribution >= 0.6 is 11.8 Å². The number of nitrogens with one attached hydrogen (secondary N) is 1. The Labute approximate surface area is 145 Å². The molecule has 130 valence electrons. The van der Waals surface area contributed by atoms with E-state index in [1.807, 2.05) is 0 Å². The van der Waals surface area contributed by atoms with Crippen LogP contribution in [0.2, 0.25) is 0 Å². The Balaban J connectivity index is 1.76. The summed E-state index contributed by atoms with van der Waals surface area (Å²) >= 11 is 1.53. The molecule has 0 aromatic heterocycles. The number of amides is 1. The van der Waals surface area contributed by atoms with E-state index in [0.717, 1.165) is 5.75 Å². The number of aliphatic carboxylic acids is 1. The Morgan fingerprint density at radius 3 is 2.79 bits per heavy atom. The van der Waals surface area contributed by atoms with E-state index in [0.29, 0.717) is 36.5 Å². The molecule has 1 aromatic carbocycles. The van der Waals surface area contributed by atoms with E-state index in [2.05, 4.69) is 5.32 Å². The predicted molar refractivity (Wildman–Crippen MR) is 91.6 cm³/mol. The van der Waals surface area contributed by atoms with E-state index in [4.69, 9.17) is 4.74 Å². The van der Waals surface area contributed by atoms with Crippen LogP contribution in [0, 0.1) is 0 Å². The summed E-state index contributed by atoms with van der Waals surface area (Å²) in [6.45, 7) is 1.81. The smallest absolute Gasteiger partial charge is 0.330 e. The second kappa shape index (κ2) is 8.19. The van der Waals surface area contributed by atoms with Gasteiger partial charge in [-0.25, -0.2) is 4.79 Å². The maximum atomic E-state index is 12.0. The molecule has 0 radical (unpaired) electrons.